The molecule has 1 aromatic carbocycles. The molecule has 0 saturated heterocycles. The standard InChI is InChI=1S/C13H15N3O4/c1-13(2,3)8-5-9(12-15-14-7-20-12)11(19-4)10(6-8)16(17)18/h5-7H,1-4H3. The number of nitrogens with zero attached hydrogens (tertiary/aromatic N) is 3. The Hall–Kier alpha value is -2.44. The summed E-state index contributed by atoms with van der Waals surface area (Å²) in [6.45, 7) is 5.91. The molecule has 0 aliphatic rings. The number of hydrogen-bond donors (Lipinski definition) is 0. The van der Waals surface area contributed by atoms with E-state index in [9.17, 15) is 10.1 Å². The van der Waals surface area contributed by atoms with Gasteiger partial charge in [-0.05, 0) is 17.0 Å². The summed E-state index contributed by atoms with van der Waals surface area (Å²) in [7, 11) is 1.37. The second kappa shape index (κ2) is 4.92. The highest BCUT2D eigenvalue weighted by Gasteiger charge is 2.27. The van der Waals surface area contributed by atoms with Crippen LogP contribution in [0.2, 0.25) is 0 Å². The molecule has 7 heteroatoms. The first-order chi connectivity index (χ1) is 9.34. The van der Waals surface area contributed by atoms with Crippen LogP contribution in [0.1, 0.15) is 26.3 Å². The molecule has 0 unspecified atom stereocenters. The Morgan fingerprint density at radius 1 is 1.35 bits per heavy atom. The summed E-state index contributed by atoms with van der Waals surface area (Å²) >= 11 is 0. The lowest BCUT2D eigenvalue weighted by molar-refractivity contribution is -0.385. The largest absolute Gasteiger partial charge is 0.490 e. The van der Waals surface area contributed by atoms with Gasteiger partial charge in [-0.3, -0.25) is 10.1 Å². The van der Waals surface area contributed by atoms with E-state index in [1.54, 1.807) is 6.07 Å². The van der Waals surface area contributed by atoms with E-state index in [4.69, 9.17) is 9.15 Å². The summed E-state index contributed by atoms with van der Waals surface area (Å²) in [6.07, 6.45) is 1.17. The van der Waals surface area contributed by atoms with Gasteiger partial charge in [-0.25, -0.2) is 0 Å². The maximum Gasteiger partial charge on any atom is 0.312 e. The van der Waals surface area contributed by atoms with Crippen molar-refractivity contribution in [1.29, 1.82) is 0 Å². The minimum Gasteiger partial charge on any atom is -0.490 e. The molecule has 2 rings (SSSR count). The molecule has 1 aromatic heterocycles. The van der Waals surface area contributed by atoms with Crippen LogP contribution in [0.3, 0.4) is 0 Å². The Morgan fingerprint density at radius 3 is 2.50 bits per heavy atom. The third kappa shape index (κ3) is 2.47. The fourth-order valence-electron chi connectivity index (χ4n) is 1.85. The van der Waals surface area contributed by atoms with Gasteiger partial charge in [-0.2, -0.15) is 0 Å². The average Bonchev–Trinajstić information content (AvgIpc) is 2.89. The van der Waals surface area contributed by atoms with Gasteiger partial charge in [0.2, 0.25) is 12.1 Å². The lowest BCUT2D eigenvalue weighted by Gasteiger charge is -2.20. The zero-order chi connectivity index (χ0) is 14.9. The molecule has 0 radical (unpaired) electrons. The average molecular weight is 277 g/mol. The Kier molecular flexibility index (Phi) is 3.44. The van der Waals surface area contributed by atoms with Gasteiger partial charge >= 0.3 is 5.69 Å². The van der Waals surface area contributed by atoms with Crippen molar-refractivity contribution in [2.24, 2.45) is 0 Å². The van der Waals surface area contributed by atoms with E-state index in [1.807, 2.05) is 20.8 Å². The molecular formula is C13H15N3O4. The molecule has 0 fully saturated rings. The normalized spacial score (nSPS) is 11.4. The van der Waals surface area contributed by atoms with Crippen LogP contribution in [-0.2, 0) is 5.41 Å². The summed E-state index contributed by atoms with van der Waals surface area (Å²) in [5.74, 6) is 0.309. The van der Waals surface area contributed by atoms with Crippen LogP contribution in [0, 0.1) is 10.1 Å². The molecule has 0 aliphatic carbocycles. The number of methoxy groups -OCH3 is 1. The molecule has 0 spiro atoms. The Balaban J connectivity index is 2.77. The second-order valence-corrected chi connectivity index (χ2v) is 5.33. The first-order valence-corrected chi connectivity index (χ1v) is 5.98. The van der Waals surface area contributed by atoms with Crippen molar-refractivity contribution in [3.05, 3.63) is 34.2 Å². The van der Waals surface area contributed by atoms with E-state index < -0.39 is 4.92 Å². The molecule has 0 saturated carbocycles. The quantitative estimate of drug-likeness (QED) is 0.632. The Morgan fingerprint density at radius 2 is 2.05 bits per heavy atom. The maximum atomic E-state index is 11.2. The number of benzene rings is 1. The number of ether oxygens (including phenoxy) is 1. The van der Waals surface area contributed by atoms with Crippen molar-refractivity contribution in [3.63, 3.8) is 0 Å². The van der Waals surface area contributed by atoms with Crippen molar-refractivity contribution in [2.75, 3.05) is 7.11 Å². The third-order valence-electron chi connectivity index (χ3n) is 2.93. The van der Waals surface area contributed by atoms with Crippen LogP contribution in [0.4, 0.5) is 5.69 Å². The summed E-state index contributed by atoms with van der Waals surface area (Å²) in [5, 5.41) is 18.6. The van der Waals surface area contributed by atoms with Crippen LogP contribution >= 0.6 is 0 Å². The molecule has 0 atom stereocenters. The van der Waals surface area contributed by atoms with E-state index >= 15 is 0 Å². The lowest BCUT2D eigenvalue weighted by atomic mass is 9.85. The molecule has 7 nitrogen and oxygen atoms in total. The second-order valence-electron chi connectivity index (χ2n) is 5.33. The van der Waals surface area contributed by atoms with E-state index in [2.05, 4.69) is 10.2 Å². The molecular weight excluding hydrogens is 262 g/mol. The van der Waals surface area contributed by atoms with Gasteiger partial charge < -0.3 is 9.15 Å². The number of rotatable bonds is 3. The molecule has 0 N–H and O–H groups in total. The van der Waals surface area contributed by atoms with Crippen LogP contribution in [0.5, 0.6) is 5.75 Å². The summed E-state index contributed by atoms with van der Waals surface area (Å²) < 4.78 is 10.3. The highest BCUT2D eigenvalue weighted by molar-refractivity contribution is 5.71. The van der Waals surface area contributed by atoms with Crippen LogP contribution in [-0.4, -0.2) is 22.2 Å². The lowest BCUT2D eigenvalue weighted by Crippen LogP contribution is -2.12. The molecule has 2 aromatic rings. The van der Waals surface area contributed by atoms with E-state index in [0.717, 1.165) is 5.56 Å². The zero-order valence-corrected chi connectivity index (χ0v) is 11.7. The molecule has 0 aliphatic heterocycles. The molecule has 106 valence electrons. The predicted molar refractivity (Wildman–Crippen MR) is 71.6 cm³/mol. The van der Waals surface area contributed by atoms with Gasteiger partial charge in [0.05, 0.1) is 17.6 Å². The van der Waals surface area contributed by atoms with Crippen molar-refractivity contribution in [3.8, 4) is 17.2 Å². The number of aromatic nitrogens is 2. The van der Waals surface area contributed by atoms with Crippen molar-refractivity contribution >= 4 is 5.69 Å². The highest BCUT2D eigenvalue weighted by Crippen LogP contribution is 2.40. The van der Waals surface area contributed by atoms with Crippen LogP contribution < -0.4 is 4.74 Å². The van der Waals surface area contributed by atoms with Gasteiger partial charge in [-0.15, -0.1) is 10.2 Å². The first kappa shape index (κ1) is 14.0. The summed E-state index contributed by atoms with van der Waals surface area (Å²) in [6, 6.07) is 3.29. The predicted octanol–water partition coefficient (Wildman–Crippen LogP) is 2.95. The van der Waals surface area contributed by atoms with Gasteiger partial charge in [0.25, 0.3) is 5.89 Å². The topological polar surface area (TPSA) is 91.3 Å². The molecule has 0 amide bonds. The molecule has 1 heterocycles. The molecule has 0 bridgehead atoms. The fourth-order valence-corrected chi connectivity index (χ4v) is 1.85. The molecule has 20 heavy (non-hydrogen) atoms. The van der Waals surface area contributed by atoms with E-state index in [-0.39, 0.29) is 22.7 Å². The van der Waals surface area contributed by atoms with Gasteiger partial charge in [0.1, 0.15) is 0 Å². The minimum atomic E-state index is -0.478. The van der Waals surface area contributed by atoms with E-state index in [0.29, 0.717) is 5.56 Å². The number of nitro benzene ring substituents is 1. The summed E-state index contributed by atoms with van der Waals surface area (Å²) in [4.78, 5) is 10.8. The maximum absolute atomic E-state index is 11.2. The van der Waals surface area contributed by atoms with Crippen LogP contribution in [0.15, 0.2) is 22.9 Å². The van der Waals surface area contributed by atoms with Gasteiger partial charge in [-0.1, -0.05) is 20.8 Å². The smallest absolute Gasteiger partial charge is 0.312 e. The van der Waals surface area contributed by atoms with E-state index in [1.165, 1.54) is 19.6 Å². The third-order valence-corrected chi connectivity index (χ3v) is 2.93. The first-order valence-electron chi connectivity index (χ1n) is 5.98. The summed E-state index contributed by atoms with van der Waals surface area (Å²) in [5.41, 5.74) is 0.835. The van der Waals surface area contributed by atoms with Crippen molar-refractivity contribution in [1.82, 2.24) is 10.2 Å². The van der Waals surface area contributed by atoms with Crippen molar-refractivity contribution < 1.29 is 14.1 Å². The van der Waals surface area contributed by atoms with Crippen molar-refractivity contribution in [2.45, 2.75) is 26.2 Å². The number of nitro groups is 1. The zero-order valence-electron chi connectivity index (χ0n) is 11.7. The monoisotopic (exact) mass is 277 g/mol. The minimum absolute atomic E-state index is 0.117. The van der Waals surface area contributed by atoms with Crippen LogP contribution in [0.25, 0.3) is 11.5 Å². The SMILES string of the molecule is COc1c(-c2nnco2)cc(C(C)(C)C)cc1[N+](=O)[O-]. The fraction of sp³-hybridized carbons (Fsp3) is 0.385. The van der Waals surface area contributed by atoms with Gasteiger partial charge in [0, 0.05) is 6.07 Å². The highest BCUT2D eigenvalue weighted by atomic mass is 16.6. The Bertz CT molecular complexity index is 630. The van der Waals surface area contributed by atoms with Gasteiger partial charge in [0.15, 0.2) is 0 Å². The number of hydrogen-bond acceptors (Lipinski definition) is 6. The Labute approximate surface area is 115 Å².